The Morgan fingerprint density at radius 2 is 2.04 bits per heavy atom. The third-order valence-corrected chi connectivity index (χ3v) is 4.12. The van der Waals surface area contributed by atoms with Gasteiger partial charge in [0.05, 0.1) is 11.9 Å². The van der Waals surface area contributed by atoms with Crippen LogP contribution in [0.25, 0.3) is 16.8 Å². The quantitative estimate of drug-likeness (QED) is 0.801. The Bertz CT molecular complexity index is 929. The molecule has 3 rings (SSSR count). The van der Waals surface area contributed by atoms with Crippen LogP contribution in [0.5, 0.6) is 0 Å². The van der Waals surface area contributed by atoms with Crippen molar-refractivity contribution in [1.29, 1.82) is 5.26 Å². The first-order valence-corrected chi connectivity index (χ1v) is 7.52. The van der Waals surface area contributed by atoms with Crippen LogP contribution in [-0.4, -0.2) is 25.2 Å². The highest BCUT2D eigenvalue weighted by Crippen LogP contribution is 2.33. The number of carboxylic acid groups (broad SMARTS) is 1. The predicted octanol–water partition coefficient (Wildman–Crippen LogP) is 3.01. The lowest BCUT2D eigenvalue weighted by molar-refractivity contribution is 0.0687. The van der Waals surface area contributed by atoms with Crippen LogP contribution < -0.4 is 0 Å². The van der Waals surface area contributed by atoms with Crippen LogP contribution in [0.1, 0.15) is 28.7 Å². The summed E-state index contributed by atoms with van der Waals surface area (Å²) in [5.74, 6) is -1.04. The first kappa shape index (κ1) is 15.6. The lowest BCUT2D eigenvalue weighted by Gasteiger charge is -2.06. The average Bonchev–Trinajstić information content (AvgIpc) is 3.20. The molecule has 2 heterocycles. The van der Waals surface area contributed by atoms with E-state index in [-0.39, 0.29) is 5.69 Å². The van der Waals surface area contributed by atoms with Gasteiger partial charge >= 0.3 is 5.97 Å². The maximum Gasteiger partial charge on any atom is 0.353 e. The van der Waals surface area contributed by atoms with Crippen molar-refractivity contribution in [1.82, 2.24) is 14.1 Å². The van der Waals surface area contributed by atoms with Crippen molar-refractivity contribution in [2.75, 3.05) is 0 Å². The zero-order chi connectivity index (χ0) is 17.3. The van der Waals surface area contributed by atoms with Crippen LogP contribution >= 0.6 is 0 Å². The molecule has 0 saturated carbocycles. The van der Waals surface area contributed by atoms with Gasteiger partial charge in [0.2, 0.25) is 0 Å². The number of aromatic carboxylic acids is 1. The Morgan fingerprint density at radius 1 is 1.33 bits per heavy atom. The van der Waals surface area contributed by atoms with Gasteiger partial charge in [0, 0.05) is 36.4 Å². The minimum atomic E-state index is -1.04. The maximum atomic E-state index is 11.7. The monoisotopic (exact) mass is 320 g/mol. The molecule has 0 aliphatic heterocycles. The Kier molecular flexibility index (Phi) is 3.92. The molecule has 2 aromatic heterocycles. The molecule has 0 radical (unpaired) electrons. The fourth-order valence-electron chi connectivity index (χ4n) is 3.01. The maximum absolute atomic E-state index is 11.7. The minimum absolute atomic E-state index is 0.138. The van der Waals surface area contributed by atoms with E-state index in [4.69, 9.17) is 0 Å². The molecule has 3 aromatic rings. The summed E-state index contributed by atoms with van der Waals surface area (Å²) < 4.78 is 3.45. The second-order valence-corrected chi connectivity index (χ2v) is 5.39. The number of aromatic nitrogens is 3. The molecule has 0 spiro atoms. The highest BCUT2D eigenvalue weighted by atomic mass is 16.4. The van der Waals surface area contributed by atoms with Gasteiger partial charge in [-0.25, -0.2) is 9.78 Å². The first-order chi connectivity index (χ1) is 11.6. The second kappa shape index (κ2) is 6.05. The molecule has 0 fully saturated rings. The molecule has 0 amide bonds. The van der Waals surface area contributed by atoms with Gasteiger partial charge in [0.1, 0.15) is 11.8 Å². The molecule has 120 valence electrons. The van der Waals surface area contributed by atoms with Crippen molar-refractivity contribution < 1.29 is 9.90 Å². The van der Waals surface area contributed by atoms with E-state index >= 15 is 0 Å². The van der Waals surface area contributed by atoms with Crippen molar-refractivity contribution in [2.45, 2.75) is 13.3 Å². The van der Waals surface area contributed by atoms with Crippen LogP contribution in [0.2, 0.25) is 0 Å². The number of rotatable bonds is 4. The van der Waals surface area contributed by atoms with E-state index in [1.807, 2.05) is 42.0 Å². The molecular formula is C18H16N4O2. The molecule has 1 N–H and O–H groups in total. The van der Waals surface area contributed by atoms with Crippen molar-refractivity contribution in [3.63, 3.8) is 0 Å². The largest absolute Gasteiger partial charge is 0.477 e. The number of carbonyl (C=O) groups is 1. The molecule has 0 atom stereocenters. The van der Waals surface area contributed by atoms with Gasteiger partial charge in [-0.2, -0.15) is 5.26 Å². The van der Waals surface area contributed by atoms with E-state index in [9.17, 15) is 15.2 Å². The zero-order valence-corrected chi connectivity index (χ0v) is 13.4. The lowest BCUT2D eigenvalue weighted by Crippen LogP contribution is -2.07. The third kappa shape index (κ3) is 2.36. The molecule has 0 bridgehead atoms. The zero-order valence-electron chi connectivity index (χ0n) is 13.4. The summed E-state index contributed by atoms with van der Waals surface area (Å²) in [6.45, 7) is 1.91. The molecule has 0 aliphatic carbocycles. The van der Waals surface area contributed by atoms with Crippen molar-refractivity contribution in [2.24, 2.45) is 7.05 Å². The summed E-state index contributed by atoms with van der Waals surface area (Å²) in [4.78, 5) is 15.7. The van der Waals surface area contributed by atoms with Gasteiger partial charge < -0.3 is 14.2 Å². The highest BCUT2D eigenvalue weighted by molar-refractivity contribution is 5.97. The SMILES string of the molecule is CCc1c(C#N)c(-c2ccc(-n3ccnc3)cc2)c(C(=O)O)n1C. The summed E-state index contributed by atoms with van der Waals surface area (Å²) in [6.07, 6.45) is 5.80. The Morgan fingerprint density at radius 3 is 2.54 bits per heavy atom. The van der Waals surface area contributed by atoms with Crippen molar-refractivity contribution in [3.8, 4) is 22.9 Å². The van der Waals surface area contributed by atoms with Gasteiger partial charge in [-0.3, -0.25) is 0 Å². The Labute approximate surface area is 139 Å². The highest BCUT2D eigenvalue weighted by Gasteiger charge is 2.25. The standard InChI is InChI=1S/C18H16N4O2/c1-3-15-14(10-19)16(17(18(23)24)21(15)2)12-4-6-13(7-5-12)22-9-8-20-11-22/h4-9,11H,3H2,1-2H3,(H,23,24). The van der Waals surface area contributed by atoms with Gasteiger partial charge in [-0.05, 0) is 24.1 Å². The first-order valence-electron chi connectivity index (χ1n) is 7.52. The van der Waals surface area contributed by atoms with Crippen LogP contribution in [0, 0.1) is 11.3 Å². The lowest BCUT2D eigenvalue weighted by atomic mass is 10.00. The second-order valence-electron chi connectivity index (χ2n) is 5.39. The number of nitriles is 1. The molecule has 0 unspecified atom stereocenters. The third-order valence-electron chi connectivity index (χ3n) is 4.12. The summed E-state index contributed by atoms with van der Waals surface area (Å²) >= 11 is 0. The average molecular weight is 320 g/mol. The molecule has 0 saturated heterocycles. The fourth-order valence-corrected chi connectivity index (χ4v) is 3.01. The van der Waals surface area contributed by atoms with Crippen LogP contribution in [0.4, 0.5) is 0 Å². The van der Waals surface area contributed by atoms with E-state index in [0.717, 1.165) is 11.4 Å². The van der Waals surface area contributed by atoms with Crippen LogP contribution in [0.3, 0.4) is 0 Å². The minimum Gasteiger partial charge on any atom is -0.477 e. The van der Waals surface area contributed by atoms with Crippen LogP contribution in [0.15, 0.2) is 43.0 Å². The molecule has 6 heteroatoms. The number of hydrogen-bond acceptors (Lipinski definition) is 3. The molecule has 1 aromatic carbocycles. The fraction of sp³-hybridized carbons (Fsp3) is 0.167. The van der Waals surface area contributed by atoms with E-state index in [1.165, 1.54) is 0 Å². The smallest absolute Gasteiger partial charge is 0.353 e. The van der Waals surface area contributed by atoms with Gasteiger partial charge in [0.25, 0.3) is 0 Å². The van der Waals surface area contributed by atoms with E-state index < -0.39 is 5.97 Å². The van der Waals surface area contributed by atoms with Gasteiger partial charge in [0.15, 0.2) is 0 Å². The van der Waals surface area contributed by atoms with Gasteiger partial charge in [-0.15, -0.1) is 0 Å². The van der Waals surface area contributed by atoms with Crippen LogP contribution in [-0.2, 0) is 13.5 Å². The van der Waals surface area contributed by atoms with Crippen molar-refractivity contribution in [3.05, 3.63) is 59.9 Å². The van der Waals surface area contributed by atoms with E-state index in [0.29, 0.717) is 23.1 Å². The van der Waals surface area contributed by atoms with Gasteiger partial charge in [-0.1, -0.05) is 19.1 Å². The number of imidazole rings is 1. The summed E-state index contributed by atoms with van der Waals surface area (Å²) in [6, 6.07) is 9.59. The Hall–Kier alpha value is -3.33. The Balaban J connectivity index is 2.19. The van der Waals surface area contributed by atoms with E-state index in [1.54, 1.807) is 24.1 Å². The molecule has 24 heavy (non-hydrogen) atoms. The summed E-state index contributed by atoms with van der Waals surface area (Å²) in [5, 5.41) is 19.1. The number of nitrogens with zero attached hydrogens (tertiary/aromatic N) is 4. The normalized spacial score (nSPS) is 10.5. The summed E-state index contributed by atoms with van der Waals surface area (Å²) in [5.41, 5.74) is 3.39. The number of benzene rings is 1. The molecule has 6 nitrogen and oxygen atoms in total. The topological polar surface area (TPSA) is 83.8 Å². The molecular weight excluding hydrogens is 304 g/mol. The predicted molar refractivity (Wildman–Crippen MR) is 89.0 cm³/mol. The van der Waals surface area contributed by atoms with Crippen molar-refractivity contribution >= 4 is 5.97 Å². The molecule has 0 aliphatic rings. The summed E-state index contributed by atoms with van der Waals surface area (Å²) in [7, 11) is 1.69. The number of hydrogen-bond donors (Lipinski definition) is 1. The van der Waals surface area contributed by atoms with E-state index in [2.05, 4.69) is 11.1 Å². The number of carboxylic acids is 1.